The number of hydrogen-bond donors (Lipinski definition) is 1. The zero-order valence-electron chi connectivity index (χ0n) is 14.1. The number of rotatable bonds is 4. The van der Waals surface area contributed by atoms with Crippen LogP contribution in [-0.4, -0.2) is 5.91 Å². The molecule has 0 saturated carbocycles. The maximum absolute atomic E-state index is 12.3. The minimum absolute atomic E-state index is 0.0830. The number of anilines is 1. The van der Waals surface area contributed by atoms with Crippen LogP contribution >= 0.6 is 0 Å². The fourth-order valence-corrected chi connectivity index (χ4v) is 2.37. The van der Waals surface area contributed by atoms with E-state index in [2.05, 4.69) is 5.32 Å². The third-order valence-corrected chi connectivity index (χ3v) is 3.56. The van der Waals surface area contributed by atoms with Crippen LogP contribution in [0, 0.1) is 25.2 Å². The predicted octanol–water partition coefficient (Wildman–Crippen LogP) is 4.80. The van der Waals surface area contributed by atoms with Gasteiger partial charge in [0.15, 0.2) is 0 Å². The van der Waals surface area contributed by atoms with Crippen LogP contribution in [0.5, 0.6) is 0 Å². The number of carbonyl (C=O) groups is 1. The van der Waals surface area contributed by atoms with E-state index in [1.165, 1.54) is 0 Å². The lowest BCUT2D eigenvalue weighted by atomic mass is 10.1. The number of carbonyl (C=O) groups excluding carboxylic acids is 1. The lowest BCUT2D eigenvalue weighted by molar-refractivity contribution is -0.112. The van der Waals surface area contributed by atoms with Gasteiger partial charge in [-0.15, -0.1) is 0 Å². The number of hydrogen-bond acceptors (Lipinski definition) is 2. The van der Waals surface area contributed by atoms with Crippen molar-refractivity contribution in [2.45, 2.75) is 20.8 Å². The lowest BCUT2D eigenvalue weighted by Crippen LogP contribution is -2.14. The van der Waals surface area contributed by atoms with Crippen LogP contribution in [0.4, 0.5) is 5.69 Å². The molecule has 0 bridgehead atoms. The molecule has 0 spiro atoms. The Bertz CT molecular complexity index is 840. The first-order valence-corrected chi connectivity index (χ1v) is 7.73. The number of amides is 1. The van der Waals surface area contributed by atoms with E-state index in [0.717, 1.165) is 28.0 Å². The van der Waals surface area contributed by atoms with E-state index in [4.69, 9.17) is 0 Å². The van der Waals surface area contributed by atoms with E-state index in [1.807, 2.05) is 81.4 Å². The highest BCUT2D eigenvalue weighted by Crippen LogP contribution is 2.17. The van der Waals surface area contributed by atoms with Crippen molar-refractivity contribution in [2.75, 3.05) is 5.32 Å². The SMILES string of the molecule is CC(=C\c1ccccc1)/C=C(\C#N)C(=O)Nc1ccc(C)cc1C. The van der Waals surface area contributed by atoms with Crippen LogP contribution in [-0.2, 0) is 4.79 Å². The first-order valence-electron chi connectivity index (χ1n) is 7.73. The number of benzene rings is 2. The number of nitriles is 1. The van der Waals surface area contributed by atoms with Gasteiger partial charge in [0.1, 0.15) is 11.6 Å². The first kappa shape index (κ1) is 17.2. The topological polar surface area (TPSA) is 52.9 Å². The molecule has 0 saturated heterocycles. The molecule has 3 heteroatoms. The summed E-state index contributed by atoms with van der Waals surface area (Å²) in [5.41, 5.74) is 4.77. The average molecular weight is 316 g/mol. The van der Waals surface area contributed by atoms with E-state index in [-0.39, 0.29) is 5.57 Å². The summed E-state index contributed by atoms with van der Waals surface area (Å²) in [4.78, 5) is 12.3. The fraction of sp³-hybridized carbons (Fsp3) is 0.143. The van der Waals surface area contributed by atoms with Gasteiger partial charge in [-0.1, -0.05) is 54.1 Å². The molecule has 0 atom stereocenters. The molecule has 0 aliphatic rings. The molecule has 2 rings (SSSR count). The molecule has 0 aliphatic carbocycles. The second-order valence-corrected chi connectivity index (χ2v) is 5.74. The Labute approximate surface area is 142 Å². The summed E-state index contributed by atoms with van der Waals surface area (Å²) >= 11 is 0. The van der Waals surface area contributed by atoms with Gasteiger partial charge in [-0.05, 0) is 49.6 Å². The van der Waals surface area contributed by atoms with Crippen LogP contribution in [0.15, 0.2) is 65.8 Å². The molecule has 0 unspecified atom stereocenters. The zero-order chi connectivity index (χ0) is 17.5. The molecular formula is C21H20N2O. The molecule has 1 amide bonds. The van der Waals surface area contributed by atoms with E-state index in [1.54, 1.807) is 6.08 Å². The van der Waals surface area contributed by atoms with Gasteiger partial charge in [0.2, 0.25) is 0 Å². The summed E-state index contributed by atoms with van der Waals surface area (Å²) in [5, 5.41) is 12.1. The van der Waals surface area contributed by atoms with E-state index < -0.39 is 5.91 Å². The normalized spacial score (nSPS) is 11.8. The summed E-state index contributed by atoms with van der Waals surface area (Å²) < 4.78 is 0. The molecule has 24 heavy (non-hydrogen) atoms. The Morgan fingerprint density at radius 2 is 1.83 bits per heavy atom. The second-order valence-electron chi connectivity index (χ2n) is 5.74. The predicted molar refractivity (Wildman–Crippen MR) is 98.3 cm³/mol. The minimum atomic E-state index is -0.398. The van der Waals surface area contributed by atoms with Gasteiger partial charge in [0, 0.05) is 5.69 Å². The third kappa shape index (κ3) is 4.69. The maximum Gasteiger partial charge on any atom is 0.266 e. The average Bonchev–Trinajstić information content (AvgIpc) is 2.56. The Hall–Kier alpha value is -3.12. The van der Waals surface area contributed by atoms with Crippen molar-refractivity contribution >= 4 is 17.7 Å². The Balaban J connectivity index is 2.19. The Morgan fingerprint density at radius 1 is 1.12 bits per heavy atom. The molecule has 2 aromatic carbocycles. The third-order valence-electron chi connectivity index (χ3n) is 3.56. The fourth-order valence-electron chi connectivity index (χ4n) is 2.37. The molecule has 1 N–H and O–H groups in total. The smallest absolute Gasteiger partial charge is 0.266 e. The van der Waals surface area contributed by atoms with Gasteiger partial charge < -0.3 is 5.32 Å². The molecule has 0 fully saturated rings. The van der Waals surface area contributed by atoms with Gasteiger partial charge in [0.05, 0.1) is 0 Å². The molecular weight excluding hydrogens is 296 g/mol. The van der Waals surface area contributed by atoms with Gasteiger partial charge in [-0.25, -0.2) is 0 Å². The summed E-state index contributed by atoms with van der Waals surface area (Å²) in [6.45, 7) is 5.80. The molecule has 0 heterocycles. The van der Waals surface area contributed by atoms with Gasteiger partial charge in [-0.2, -0.15) is 5.26 Å². The van der Waals surface area contributed by atoms with Crippen molar-refractivity contribution in [1.29, 1.82) is 5.26 Å². The van der Waals surface area contributed by atoms with E-state index in [9.17, 15) is 10.1 Å². The van der Waals surface area contributed by atoms with Gasteiger partial charge in [0.25, 0.3) is 5.91 Å². The number of aryl methyl sites for hydroxylation is 2. The molecule has 0 aliphatic heterocycles. The molecule has 0 aromatic heterocycles. The number of nitrogens with zero attached hydrogens (tertiary/aromatic N) is 1. The lowest BCUT2D eigenvalue weighted by Gasteiger charge is -2.08. The Morgan fingerprint density at radius 3 is 2.46 bits per heavy atom. The highest BCUT2D eigenvalue weighted by molar-refractivity contribution is 6.07. The van der Waals surface area contributed by atoms with Gasteiger partial charge >= 0.3 is 0 Å². The van der Waals surface area contributed by atoms with Crippen LogP contribution in [0.3, 0.4) is 0 Å². The van der Waals surface area contributed by atoms with Crippen LogP contribution in [0.2, 0.25) is 0 Å². The van der Waals surface area contributed by atoms with Crippen molar-refractivity contribution in [2.24, 2.45) is 0 Å². The molecule has 120 valence electrons. The summed E-state index contributed by atoms with van der Waals surface area (Å²) in [6, 6.07) is 17.5. The molecule has 0 radical (unpaired) electrons. The standard InChI is InChI=1S/C21H20N2O/c1-15-9-10-20(17(3)11-15)23-21(24)19(14-22)13-16(2)12-18-7-5-4-6-8-18/h4-13H,1-3H3,(H,23,24)/b16-12+,19-13+. The maximum atomic E-state index is 12.3. The second kappa shape index (κ2) is 7.94. The number of allylic oxidation sites excluding steroid dienone is 2. The van der Waals surface area contributed by atoms with Gasteiger partial charge in [-0.3, -0.25) is 4.79 Å². The first-order chi connectivity index (χ1) is 11.5. The van der Waals surface area contributed by atoms with Crippen molar-refractivity contribution in [3.05, 3.63) is 82.4 Å². The van der Waals surface area contributed by atoms with Crippen LogP contribution in [0.25, 0.3) is 6.08 Å². The largest absolute Gasteiger partial charge is 0.321 e. The van der Waals surface area contributed by atoms with E-state index in [0.29, 0.717) is 0 Å². The quantitative estimate of drug-likeness (QED) is 0.500. The van der Waals surface area contributed by atoms with Crippen molar-refractivity contribution in [3.8, 4) is 6.07 Å². The van der Waals surface area contributed by atoms with Crippen molar-refractivity contribution in [3.63, 3.8) is 0 Å². The van der Waals surface area contributed by atoms with Crippen LogP contribution in [0.1, 0.15) is 23.6 Å². The highest BCUT2D eigenvalue weighted by Gasteiger charge is 2.10. The summed E-state index contributed by atoms with van der Waals surface area (Å²) in [7, 11) is 0. The van der Waals surface area contributed by atoms with Crippen LogP contribution < -0.4 is 5.32 Å². The van der Waals surface area contributed by atoms with Crippen molar-refractivity contribution < 1.29 is 4.79 Å². The summed E-state index contributed by atoms with van der Waals surface area (Å²) in [6.07, 6.45) is 3.54. The Kier molecular flexibility index (Phi) is 5.70. The van der Waals surface area contributed by atoms with Crippen molar-refractivity contribution in [1.82, 2.24) is 0 Å². The monoisotopic (exact) mass is 316 g/mol. The highest BCUT2D eigenvalue weighted by atomic mass is 16.1. The molecule has 2 aromatic rings. The molecule has 3 nitrogen and oxygen atoms in total. The minimum Gasteiger partial charge on any atom is -0.321 e. The van der Waals surface area contributed by atoms with E-state index >= 15 is 0 Å². The zero-order valence-corrected chi connectivity index (χ0v) is 14.1. The number of nitrogens with one attached hydrogen (secondary N) is 1. The summed E-state index contributed by atoms with van der Waals surface area (Å²) in [5.74, 6) is -0.398.